The first-order valence-corrected chi connectivity index (χ1v) is 22.7. The molecule has 1 aromatic heterocycles. The van der Waals surface area contributed by atoms with E-state index in [4.69, 9.17) is 24.1 Å². The predicted octanol–water partition coefficient (Wildman–Crippen LogP) is 7.78. The Kier molecular flexibility index (Phi) is 16.0. The molecular weight excluding hydrogens is 757 g/mol. The van der Waals surface area contributed by atoms with Gasteiger partial charge >= 0.3 is 5.97 Å². The summed E-state index contributed by atoms with van der Waals surface area (Å²) in [4.78, 5) is 60.3. The molecule has 0 saturated heterocycles. The summed E-state index contributed by atoms with van der Waals surface area (Å²) >= 11 is 1.28. The van der Waals surface area contributed by atoms with Gasteiger partial charge < -0.3 is 20.4 Å². The molecule has 2 fully saturated rings. The van der Waals surface area contributed by atoms with Crippen molar-refractivity contribution in [2.24, 2.45) is 40.5 Å². The van der Waals surface area contributed by atoms with Crippen LogP contribution in [0.1, 0.15) is 125 Å². The molecule has 56 heavy (non-hydrogen) atoms. The molecule has 0 radical (unpaired) electrons. The minimum atomic E-state index is -4.11. The second kappa shape index (κ2) is 19.6. The lowest BCUT2D eigenvalue weighted by atomic mass is 9.75. The van der Waals surface area contributed by atoms with Crippen LogP contribution in [0.5, 0.6) is 0 Å². The number of amides is 2. The molecule has 0 bridgehead atoms. The summed E-state index contributed by atoms with van der Waals surface area (Å²) in [6, 6.07) is 0. The highest BCUT2D eigenvalue weighted by Crippen LogP contribution is 2.39. The van der Waals surface area contributed by atoms with Crippen molar-refractivity contribution in [3.05, 3.63) is 33.7 Å². The summed E-state index contributed by atoms with van der Waals surface area (Å²) in [7, 11) is -4.11. The Morgan fingerprint density at radius 1 is 0.929 bits per heavy atom. The number of thioether (sulfide) groups is 1. The fourth-order valence-corrected chi connectivity index (χ4v) is 10.8. The number of nitrogens with zero attached hydrogens (tertiary/aromatic N) is 1. The van der Waals surface area contributed by atoms with Crippen molar-refractivity contribution < 1.29 is 41.9 Å². The van der Waals surface area contributed by atoms with Crippen molar-refractivity contribution in [2.75, 3.05) is 16.8 Å². The van der Waals surface area contributed by atoms with Gasteiger partial charge in [-0.25, -0.2) is 19.6 Å². The maximum absolute atomic E-state index is 14.2. The van der Waals surface area contributed by atoms with Crippen molar-refractivity contribution in [3.63, 3.8) is 0 Å². The van der Waals surface area contributed by atoms with Crippen LogP contribution >= 0.6 is 11.8 Å². The smallest absolute Gasteiger partial charge is 0.342 e. The Balaban J connectivity index is 1.68. The minimum Gasteiger partial charge on any atom is -0.458 e. The third-order valence-corrected chi connectivity index (χ3v) is 13.8. The van der Waals surface area contributed by atoms with E-state index in [1.54, 1.807) is 6.92 Å². The number of carbonyl (C=O) groups excluding carboxylic acids is 3. The van der Waals surface area contributed by atoms with Crippen LogP contribution in [-0.4, -0.2) is 70.5 Å². The summed E-state index contributed by atoms with van der Waals surface area (Å²) in [5.41, 5.74) is 4.04. The maximum atomic E-state index is 14.2. The number of hydrogen-bond acceptors (Lipinski definition) is 10. The Morgan fingerprint density at radius 3 is 2.04 bits per heavy atom. The van der Waals surface area contributed by atoms with Gasteiger partial charge in [0, 0.05) is 18.2 Å². The number of aromatic nitrogens is 1. The van der Waals surface area contributed by atoms with Gasteiger partial charge in [-0.05, 0) is 117 Å². The lowest BCUT2D eigenvalue weighted by Gasteiger charge is -2.37. The third-order valence-electron chi connectivity index (χ3n) is 11.5. The van der Waals surface area contributed by atoms with Crippen LogP contribution in [0.2, 0.25) is 0 Å². The molecule has 314 valence electrons. The van der Waals surface area contributed by atoms with Crippen LogP contribution in [0.3, 0.4) is 0 Å². The van der Waals surface area contributed by atoms with Gasteiger partial charge in [0.2, 0.25) is 11.8 Å². The van der Waals surface area contributed by atoms with Crippen LogP contribution in [0.4, 0.5) is 5.82 Å². The number of carbonyl (C=O) groups is 3. The maximum Gasteiger partial charge on any atom is 0.342 e. The number of nitrogens with one attached hydrogen (secondary N) is 3. The van der Waals surface area contributed by atoms with Gasteiger partial charge in [-0.2, -0.15) is 8.42 Å². The summed E-state index contributed by atoms with van der Waals surface area (Å²) in [6.45, 7) is 22.0. The van der Waals surface area contributed by atoms with Gasteiger partial charge in [-0.15, -0.1) is 11.8 Å². The highest BCUT2D eigenvalue weighted by atomic mass is 32.2. The number of hydrogen-bond donors (Lipinski definition) is 4. The van der Waals surface area contributed by atoms with E-state index in [0.29, 0.717) is 69.8 Å². The SMILES string of the molecule is CCC(SCCCS(=O)(=O)O)C(=O)NC1=N/C(=C(/C)c2[nH]c(NC(C)=O)c(COOC3C(C)CC(C)CC3C)c2C)C(C)=C1C(=O)OC1C(C)CC(C)CC1C. The predicted molar refractivity (Wildman–Crippen MR) is 221 cm³/mol. The van der Waals surface area contributed by atoms with E-state index in [2.05, 4.69) is 57.2 Å². The van der Waals surface area contributed by atoms with Crippen molar-refractivity contribution >= 4 is 56.9 Å². The zero-order chi connectivity index (χ0) is 41.6. The number of ether oxygens (including phenoxy) is 1. The van der Waals surface area contributed by atoms with Crippen molar-refractivity contribution in [3.8, 4) is 0 Å². The molecule has 0 spiro atoms. The summed E-state index contributed by atoms with van der Waals surface area (Å²) < 4.78 is 37.8. The van der Waals surface area contributed by atoms with Gasteiger partial charge in [0.1, 0.15) is 29.9 Å². The number of amidine groups is 1. The summed E-state index contributed by atoms with van der Waals surface area (Å²) in [5.74, 6) is 1.42. The highest BCUT2D eigenvalue weighted by molar-refractivity contribution is 8.00. The molecule has 2 heterocycles. The normalized spacial score (nSPS) is 28.5. The fraction of sp³-hybridized carbons (Fsp3) is 0.707. The third kappa shape index (κ3) is 11.6. The second-order valence-electron chi connectivity index (χ2n) is 16.7. The van der Waals surface area contributed by atoms with Crippen LogP contribution in [0, 0.1) is 42.4 Å². The lowest BCUT2D eigenvalue weighted by molar-refractivity contribution is -0.354. The first-order valence-electron chi connectivity index (χ1n) is 20.1. The van der Waals surface area contributed by atoms with Crippen LogP contribution < -0.4 is 10.6 Å². The molecule has 13 nitrogen and oxygen atoms in total. The molecule has 1 aromatic rings. The molecule has 15 heteroatoms. The molecule has 2 aliphatic carbocycles. The molecule has 2 saturated carbocycles. The molecule has 5 unspecified atom stereocenters. The number of aliphatic imine (C=N–C) groups is 1. The summed E-state index contributed by atoms with van der Waals surface area (Å²) in [6.07, 6.45) is 4.28. The van der Waals surface area contributed by atoms with E-state index in [1.807, 2.05) is 20.8 Å². The van der Waals surface area contributed by atoms with E-state index >= 15 is 0 Å². The molecule has 4 N–H and O–H groups in total. The van der Waals surface area contributed by atoms with Crippen molar-refractivity contribution in [2.45, 2.75) is 139 Å². The Labute approximate surface area is 337 Å². The molecule has 0 aromatic carbocycles. The van der Waals surface area contributed by atoms with E-state index in [0.717, 1.165) is 31.2 Å². The number of aromatic amines is 1. The average molecular weight is 821 g/mol. The van der Waals surface area contributed by atoms with E-state index in [1.165, 1.54) is 18.7 Å². The van der Waals surface area contributed by atoms with Gasteiger partial charge in [0.05, 0.1) is 22.8 Å². The van der Waals surface area contributed by atoms with E-state index in [-0.39, 0.29) is 60.3 Å². The Hall–Kier alpha value is -2.98. The van der Waals surface area contributed by atoms with Gasteiger partial charge in [0.25, 0.3) is 10.1 Å². The average Bonchev–Trinajstić information content (AvgIpc) is 3.57. The topological polar surface area (TPSA) is 185 Å². The molecule has 4 rings (SSSR count). The van der Waals surface area contributed by atoms with Crippen LogP contribution in [-0.2, 0) is 45.6 Å². The number of esters is 1. The van der Waals surface area contributed by atoms with E-state index in [9.17, 15) is 22.8 Å². The fourth-order valence-electron chi connectivity index (χ4n) is 9.05. The second-order valence-corrected chi connectivity index (χ2v) is 19.6. The van der Waals surface area contributed by atoms with E-state index < -0.39 is 27.1 Å². The minimum absolute atomic E-state index is 0.0456. The number of H-pyrrole nitrogens is 1. The van der Waals surface area contributed by atoms with Gasteiger partial charge in [0.15, 0.2) is 0 Å². The Morgan fingerprint density at radius 2 is 1.50 bits per heavy atom. The monoisotopic (exact) mass is 820 g/mol. The number of allylic oxidation sites excluding steroid dienone is 2. The standard InChI is InChI=1S/C41H64N4O9S2/c1-12-32(55-14-13-15-56(49,50)51)40(47)45-39-33(41(48)53-36-23(4)16-21(2)17-24(36)5)28(9)35(44-39)29(10)34-27(8)31(38(43-34)42-30(11)46)20-52-54-37-25(6)18-22(3)19-26(37)7/h21-26,32,36-37,43H,12-20H2,1-11H3,(H,42,46)(H,44,45,47)(H,49,50,51)/b35-29-. The van der Waals surface area contributed by atoms with Gasteiger partial charge in [-0.3, -0.25) is 14.1 Å². The molecule has 1 aliphatic heterocycles. The highest BCUT2D eigenvalue weighted by Gasteiger charge is 2.39. The van der Waals surface area contributed by atoms with Crippen LogP contribution in [0.25, 0.3) is 5.57 Å². The molecule has 3 aliphatic rings. The van der Waals surface area contributed by atoms with Crippen LogP contribution in [0.15, 0.2) is 21.8 Å². The molecule has 5 atom stereocenters. The Bertz CT molecular complexity index is 1790. The zero-order valence-corrected chi connectivity index (χ0v) is 36.7. The van der Waals surface area contributed by atoms with Crippen molar-refractivity contribution in [1.29, 1.82) is 0 Å². The number of anilines is 1. The number of rotatable bonds is 15. The van der Waals surface area contributed by atoms with Gasteiger partial charge in [-0.1, -0.05) is 48.5 Å². The lowest BCUT2D eigenvalue weighted by Crippen LogP contribution is -2.41. The van der Waals surface area contributed by atoms with Crippen molar-refractivity contribution in [1.82, 2.24) is 10.3 Å². The molecule has 2 amide bonds. The first kappa shape index (κ1) is 45.7. The molecular formula is C41H64N4O9S2. The largest absolute Gasteiger partial charge is 0.458 e. The quantitative estimate of drug-likeness (QED) is 0.0448. The summed E-state index contributed by atoms with van der Waals surface area (Å²) in [5, 5.41) is 5.23. The first-order chi connectivity index (χ1) is 26.2. The zero-order valence-electron chi connectivity index (χ0n) is 35.0.